The summed E-state index contributed by atoms with van der Waals surface area (Å²) in [5.74, 6) is -1.04. The molecule has 0 atom stereocenters. The van der Waals surface area contributed by atoms with E-state index in [2.05, 4.69) is 10.2 Å². The highest BCUT2D eigenvalue weighted by Gasteiger charge is 2.53. The Kier molecular flexibility index (Phi) is 5.22. The van der Waals surface area contributed by atoms with Gasteiger partial charge in [-0.25, -0.2) is 14.5 Å². The highest BCUT2D eigenvalue weighted by Crippen LogP contribution is 2.37. The molecule has 0 radical (unpaired) electrons. The number of ether oxygens (including phenoxy) is 3. The van der Waals surface area contributed by atoms with Gasteiger partial charge in [0.1, 0.15) is 18.0 Å². The molecule has 0 amide bonds. The summed E-state index contributed by atoms with van der Waals surface area (Å²) in [7, 11) is 0. The highest BCUT2D eigenvalue weighted by molar-refractivity contribution is 5.93. The van der Waals surface area contributed by atoms with E-state index in [4.69, 9.17) is 18.6 Å². The highest BCUT2D eigenvalue weighted by atomic mass is 16.8. The standard InChI is InChI=1S/C25H22N4O6/c30-21-10-11-22(31)35-25(34-21)16-29(18-12-14-28(25)15-13-18)24-27-26-23(33-24)17-6-8-20(9-7-17)32-19-4-2-1-3-5-19/h1-11,18H,12-16H2. The summed E-state index contributed by atoms with van der Waals surface area (Å²) in [6.07, 6.45) is 3.70. The fourth-order valence-corrected chi connectivity index (χ4v) is 4.66. The quantitative estimate of drug-likeness (QED) is 0.524. The van der Waals surface area contributed by atoms with Gasteiger partial charge in [0, 0.05) is 36.8 Å². The Bertz CT molecular complexity index is 1240. The molecule has 10 nitrogen and oxygen atoms in total. The largest absolute Gasteiger partial charge is 0.457 e. The third-order valence-electron chi connectivity index (χ3n) is 6.37. The lowest BCUT2D eigenvalue weighted by Crippen LogP contribution is -2.58. The lowest BCUT2D eigenvalue weighted by atomic mass is 10.1. The van der Waals surface area contributed by atoms with E-state index in [1.165, 1.54) is 0 Å². The van der Waals surface area contributed by atoms with Crippen LogP contribution < -0.4 is 9.64 Å². The molecule has 0 aliphatic carbocycles. The molecule has 2 aromatic carbocycles. The first kappa shape index (κ1) is 21.4. The van der Waals surface area contributed by atoms with Crippen molar-refractivity contribution in [2.45, 2.75) is 24.8 Å². The SMILES string of the molecule is O=C1C=CC(=O)OC2(CN(c3nnc(-c4ccc(Oc5ccccc5)cc4)o3)C3CCN2CC3)O1. The van der Waals surface area contributed by atoms with Crippen molar-refractivity contribution in [1.82, 2.24) is 15.1 Å². The van der Waals surface area contributed by atoms with E-state index in [0.29, 0.717) is 24.7 Å². The number of carbonyl (C=O) groups is 2. The molecule has 2 bridgehead atoms. The molecule has 1 aromatic heterocycles. The Balaban J connectivity index is 1.25. The Morgan fingerprint density at radius 2 is 1.51 bits per heavy atom. The number of anilines is 1. The van der Waals surface area contributed by atoms with Gasteiger partial charge < -0.3 is 23.5 Å². The molecule has 3 aromatic rings. The number of piperidine rings is 1. The summed E-state index contributed by atoms with van der Waals surface area (Å²) in [5, 5.41) is 8.50. The molecule has 1 spiro atoms. The number of carbonyl (C=O) groups excluding carboxylic acids is 2. The molecule has 178 valence electrons. The number of rotatable bonds is 4. The van der Waals surface area contributed by atoms with Gasteiger partial charge in [0.15, 0.2) is 0 Å². The Labute approximate surface area is 200 Å². The van der Waals surface area contributed by atoms with Crippen LogP contribution in [0.15, 0.2) is 71.2 Å². The first-order valence-corrected chi connectivity index (χ1v) is 11.4. The number of benzene rings is 2. The fourth-order valence-electron chi connectivity index (χ4n) is 4.66. The third-order valence-corrected chi connectivity index (χ3v) is 6.37. The van der Waals surface area contributed by atoms with Crippen molar-refractivity contribution >= 4 is 18.0 Å². The van der Waals surface area contributed by atoms with E-state index in [0.717, 1.165) is 36.3 Å². The van der Waals surface area contributed by atoms with Crippen LogP contribution in [-0.4, -0.2) is 58.6 Å². The Hall–Kier alpha value is -4.18. The molecule has 4 aliphatic rings. The van der Waals surface area contributed by atoms with Crippen molar-refractivity contribution in [3.05, 3.63) is 66.7 Å². The van der Waals surface area contributed by atoms with E-state index in [9.17, 15) is 9.59 Å². The van der Waals surface area contributed by atoms with Crippen molar-refractivity contribution < 1.29 is 28.2 Å². The van der Waals surface area contributed by atoms with Crippen molar-refractivity contribution in [2.24, 2.45) is 0 Å². The summed E-state index contributed by atoms with van der Waals surface area (Å²) < 4.78 is 23.2. The zero-order valence-electron chi connectivity index (χ0n) is 18.7. The van der Waals surface area contributed by atoms with Crippen LogP contribution >= 0.6 is 0 Å². The first-order valence-electron chi connectivity index (χ1n) is 11.4. The lowest BCUT2D eigenvalue weighted by Gasteiger charge is -2.39. The monoisotopic (exact) mass is 474 g/mol. The van der Waals surface area contributed by atoms with Crippen molar-refractivity contribution in [3.63, 3.8) is 0 Å². The van der Waals surface area contributed by atoms with Gasteiger partial charge in [-0.3, -0.25) is 0 Å². The van der Waals surface area contributed by atoms with E-state index in [1.54, 1.807) is 0 Å². The van der Waals surface area contributed by atoms with Gasteiger partial charge in [-0.15, -0.1) is 5.10 Å². The second-order valence-electron chi connectivity index (χ2n) is 8.56. The lowest BCUT2D eigenvalue weighted by molar-refractivity contribution is -0.274. The average Bonchev–Trinajstić information content (AvgIpc) is 3.20. The minimum absolute atomic E-state index is 0.0717. The molecule has 5 heterocycles. The molecule has 0 saturated carbocycles. The van der Waals surface area contributed by atoms with Crippen molar-refractivity contribution in [2.75, 3.05) is 24.5 Å². The van der Waals surface area contributed by atoms with Crippen LogP contribution in [0.3, 0.4) is 0 Å². The molecular formula is C25H22N4O6. The normalized spacial score (nSPS) is 22.9. The maximum atomic E-state index is 12.2. The second kappa shape index (κ2) is 8.55. The summed E-state index contributed by atoms with van der Waals surface area (Å²) in [5.41, 5.74) is 0.735. The van der Waals surface area contributed by atoms with Gasteiger partial charge in [-0.05, 0) is 49.2 Å². The first-order chi connectivity index (χ1) is 17.1. The molecule has 35 heavy (non-hydrogen) atoms. The number of nitrogens with zero attached hydrogens (tertiary/aromatic N) is 4. The zero-order valence-corrected chi connectivity index (χ0v) is 18.7. The number of esters is 2. The summed E-state index contributed by atoms with van der Waals surface area (Å²) >= 11 is 0. The van der Waals surface area contributed by atoms with Gasteiger partial charge in [0.25, 0.3) is 0 Å². The van der Waals surface area contributed by atoms with Crippen LogP contribution in [-0.2, 0) is 19.1 Å². The molecule has 0 unspecified atom stereocenters. The molecular weight excluding hydrogens is 452 g/mol. The van der Waals surface area contributed by atoms with E-state index in [-0.39, 0.29) is 18.6 Å². The van der Waals surface area contributed by atoms with Gasteiger partial charge in [0.2, 0.25) is 5.89 Å². The van der Waals surface area contributed by atoms with Crippen molar-refractivity contribution in [1.29, 1.82) is 0 Å². The maximum Gasteiger partial charge on any atom is 0.339 e. The molecule has 10 heteroatoms. The number of para-hydroxylation sites is 1. The predicted octanol–water partition coefficient (Wildman–Crippen LogP) is 3.12. The minimum Gasteiger partial charge on any atom is -0.457 e. The number of hydrogen-bond acceptors (Lipinski definition) is 10. The minimum atomic E-state index is -1.55. The van der Waals surface area contributed by atoms with Crippen LogP contribution in [0.4, 0.5) is 6.01 Å². The van der Waals surface area contributed by atoms with Gasteiger partial charge in [0.05, 0.1) is 0 Å². The van der Waals surface area contributed by atoms with Crippen LogP contribution in [0, 0.1) is 0 Å². The molecule has 7 rings (SSSR count). The van der Waals surface area contributed by atoms with Crippen LogP contribution in [0.5, 0.6) is 11.5 Å². The summed E-state index contributed by atoms with van der Waals surface area (Å²) in [6, 6.07) is 17.2. The van der Waals surface area contributed by atoms with Crippen LogP contribution in [0.2, 0.25) is 0 Å². The molecule has 0 N–H and O–H groups in total. The van der Waals surface area contributed by atoms with Crippen molar-refractivity contribution in [3.8, 4) is 23.0 Å². The topological polar surface area (TPSA) is 107 Å². The Morgan fingerprint density at radius 3 is 2.20 bits per heavy atom. The predicted molar refractivity (Wildman–Crippen MR) is 122 cm³/mol. The Morgan fingerprint density at radius 1 is 0.857 bits per heavy atom. The van der Waals surface area contributed by atoms with Gasteiger partial charge in [-0.1, -0.05) is 23.3 Å². The maximum absolute atomic E-state index is 12.2. The number of fused-ring (bicyclic) bond motifs is 3. The molecule has 3 saturated heterocycles. The fraction of sp³-hybridized carbons (Fsp3) is 0.280. The zero-order chi connectivity index (χ0) is 23.8. The number of hydrogen-bond donors (Lipinski definition) is 0. The van der Waals surface area contributed by atoms with Crippen LogP contribution in [0.25, 0.3) is 11.5 Å². The third kappa shape index (κ3) is 4.12. The number of aromatic nitrogens is 2. The average molecular weight is 474 g/mol. The van der Waals surface area contributed by atoms with E-state index < -0.39 is 17.8 Å². The van der Waals surface area contributed by atoms with E-state index >= 15 is 0 Å². The van der Waals surface area contributed by atoms with Gasteiger partial charge in [-0.2, -0.15) is 0 Å². The van der Waals surface area contributed by atoms with Gasteiger partial charge >= 0.3 is 23.9 Å². The van der Waals surface area contributed by atoms with E-state index in [1.807, 2.05) is 64.4 Å². The smallest absolute Gasteiger partial charge is 0.339 e. The summed E-state index contributed by atoms with van der Waals surface area (Å²) in [4.78, 5) is 28.2. The summed E-state index contributed by atoms with van der Waals surface area (Å²) in [6.45, 7) is 1.28. The molecule has 3 fully saturated rings. The van der Waals surface area contributed by atoms with Crippen LogP contribution in [0.1, 0.15) is 12.8 Å². The molecule has 4 aliphatic heterocycles. The second-order valence-corrected chi connectivity index (χ2v) is 8.56.